The van der Waals surface area contributed by atoms with E-state index >= 15 is 0 Å². The summed E-state index contributed by atoms with van der Waals surface area (Å²) in [5.74, 6) is 1.70. The fraction of sp³-hybridized carbons (Fsp3) is 0.0741. The van der Waals surface area contributed by atoms with Crippen molar-refractivity contribution < 1.29 is 18.3 Å². The van der Waals surface area contributed by atoms with Gasteiger partial charge in [-0.1, -0.05) is 24.3 Å². The summed E-state index contributed by atoms with van der Waals surface area (Å²) in [6.45, 7) is 0. The van der Waals surface area contributed by atoms with Gasteiger partial charge in [-0.15, -0.1) is 5.11 Å². The lowest BCUT2D eigenvalue weighted by Gasteiger charge is -2.10. The normalized spacial score (nSPS) is 11.1. The molecule has 5 aromatic rings. The van der Waals surface area contributed by atoms with Crippen molar-refractivity contribution in [1.82, 2.24) is 20.2 Å². The molecule has 0 saturated carbocycles. The van der Waals surface area contributed by atoms with Gasteiger partial charge in [0.15, 0.2) is 11.5 Å². The Morgan fingerprint density at radius 1 is 0.976 bits per heavy atom. The average molecular weight is 589 g/mol. The molecule has 0 amide bonds. The fourth-order valence-electron chi connectivity index (χ4n) is 3.64. The Morgan fingerprint density at radius 2 is 1.74 bits per heavy atom. The number of H-pyrrole nitrogens is 1. The van der Waals surface area contributed by atoms with Gasteiger partial charge in [0.25, 0.3) is 0 Å². The van der Waals surface area contributed by atoms with Gasteiger partial charge in [-0.25, -0.2) is 23.5 Å². The number of phenolic OH excluding ortho intramolecular Hbond substituents is 1. The molecular formula is C27H28N10O4S. The lowest BCUT2D eigenvalue weighted by molar-refractivity contribution is 0.416. The Bertz CT molecular complexity index is 1770. The van der Waals surface area contributed by atoms with Gasteiger partial charge in [0, 0.05) is 17.3 Å². The third-order valence-electron chi connectivity index (χ3n) is 5.53. The number of phenols is 1. The lowest BCUT2D eigenvalue weighted by Crippen LogP contribution is -2.14. The standard InChI is InChI=1S/C18H18N4O3S.C9H10N6O/c1-25-17-8-3-2-7-15(17)16-10-18(21-12-20-16)22-14-6-4-5-13(9-14)11-26(19,23)24;10-8-7(9(11)15-14-8)13-12-5-1-3-6(16)4-2-5/h2-10,12H,11H2,1H3,(H2,19,23,24)(H,20,21,22);1-4,16H,(H5,10,11,14,15). The summed E-state index contributed by atoms with van der Waals surface area (Å²) in [5.41, 5.74) is 14.8. The Labute approximate surface area is 241 Å². The first-order valence-corrected chi connectivity index (χ1v) is 13.9. The number of rotatable bonds is 8. The average Bonchev–Trinajstić information content (AvgIpc) is 3.29. The molecule has 5 rings (SSSR count). The molecule has 2 heterocycles. The van der Waals surface area contributed by atoms with Gasteiger partial charge in [0.1, 0.15) is 29.5 Å². The number of hydrogen-bond donors (Lipinski definition) is 6. The number of benzene rings is 3. The van der Waals surface area contributed by atoms with E-state index in [0.717, 1.165) is 5.56 Å². The van der Waals surface area contributed by atoms with Crippen LogP contribution in [0.4, 0.5) is 34.5 Å². The van der Waals surface area contributed by atoms with Crippen molar-refractivity contribution in [2.45, 2.75) is 5.75 Å². The highest BCUT2D eigenvalue weighted by atomic mass is 32.2. The second kappa shape index (κ2) is 13.2. The summed E-state index contributed by atoms with van der Waals surface area (Å²) in [5, 5.41) is 31.3. The zero-order valence-corrected chi connectivity index (χ0v) is 23.2. The van der Waals surface area contributed by atoms with Gasteiger partial charge in [0.2, 0.25) is 10.0 Å². The molecule has 14 nitrogen and oxygen atoms in total. The number of anilines is 4. The van der Waals surface area contributed by atoms with E-state index in [0.29, 0.717) is 39.9 Å². The number of para-hydroxylation sites is 1. The molecule has 0 atom stereocenters. The van der Waals surface area contributed by atoms with E-state index in [1.54, 1.807) is 43.5 Å². The highest BCUT2D eigenvalue weighted by Gasteiger charge is 2.09. The monoisotopic (exact) mass is 588 g/mol. The van der Waals surface area contributed by atoms with Crippen LogP contribution in [0.2, 0.25) is 0 Å². The fourth-order valence-corrected chi connectivity index (χ4v) is 4.29. The number of aromatic hydroxyl groups is 1. The van der Waals surface area contributed by atoms with Crippen molar-refractivity contribution in [2.24, 2.45) is 15.4 Å². The second-order valence-corrected chi connectivity index (χ2v) is 10.3. The maximum Gasteiger partial charge on any atom is 0.213 e. The van der Waals surface area contributed by atoms with Gasteiger partial charge in [-0.05, 0) is 54.1 Å². The number of nitrogens with two attached hydrogens (primary N) is 3. The molecule has 0 radical (unpaired) electrons. The summed E-state index contributed by atoms with van der Waals surface area (Å²) < 4.78 is 27.9. The maximum absolute atomic E-state index is 11.3. The van der Waals surface area contributed by atoms with Crippen LogP contribution in [0.3, 0.4) is 0 Å². The van der Waals surface area contributed by atoms with E-state index in [2.05, 4.69) is 35.7 Å². The van der Waals surface area contributed by atoms with Crippen LogP contribution in [0.15, 0.2) is 95.4 Å². The largest absolute Gasteiger partial charge is 0.508 e. The first-order chi connectivity index (χ1) is 20.1. The Morgan fingerprint density at radius 3 is 2.43 bits per heavy atom. The Kier molecular flexibility index (Phi) is 9.26. The highest BCUT2D eigenvalue weighted by molar-refractivity contribution is 7.88. The van der Waals surface area contributed by atoms with Crippen molar-refractivity contribution in [1.29, 1.82) is 0 Å². The SMILES string of the molecule is COc1ccccc1-c1cc(Nc2cccc(CS(N)(=O)=O)c2)ncn1.Nc1n[nH]c(N)c1N=Nc1ccc(O)cc1. The van der Waals surface area contributed by atoms with Crippen molar-refractivity contribution >= 4 is 44.5 Å². The molecule has 0 aliphatic carbocycles. The summed E-state index contributed by atoms with van der Waals surface area (Å²) in [6.07, 6.45) is 1.46. The number of nitrogen functional groups attached to an aromatic ring is 2. The summed E-state index contributed by atoms with van der Waals surface area (Å²) in [6, 6.07) is 22.6. The molecule has 0 aliphatic rings. The van der Waals surface area contributed by atoms with Crippen LogP contribution in [0.1, 0.15) is 5.56 Å². The number of aromatic nitrogens is 4. The Balaban J connectivity index is 0.000000216. The number of sulfonamides is 1. The predicted octanol–water partition coefficient (Wildman–Crippen LogP) is 4.38. The van der Waals surface area contributed by atoms with Gasteiger partial charge < -0.3 is 26.6 Å². The van der Waals surface area contributed by atoms with Crippen LogP contribution in [0.5, 0.6) is 11.5 Å². The van der Waals surface area contributed by atoms with Crippen LogP contribution < -0.4 is 26.7 Å². The van der Waals surface area contributed by atoms with E-state index in [4.69, 9.17) is 26.4 Å². The second-order valence-electron chi connectivity index (χ2n) is 8.71. The lowest BCUT2D eigenvalue weighted by atomic mass is 10.1. The van der Waals surface area contributed by atoms with Gasteiger partial charge in [-0.2, -0.15) is 10.2 Å². The third kappa shape index (κ3) is 8.23. The van der Waals surface area contributed by atoms with Crippen LogP contribution in [-0.2, 0) is 15.8 Å². The highest BCUT2D eigenvalue weighted by Crippen LogP contribution is 2.30. The minimum Gasteiger partial charge on any atom is -0.508 e. The van der Waals surface area contributed by atoms with E-state index in [1.807, 2.05) is 30.3 Å². The van der Waals surface area contributed by atoms with Crippen LogP contribution in [0.25, 0.3) is 11.3 Å². The molecule has 0 fully saturated rings. The number of aromatic amines is 1. The molecule has 42 heavy (non-hydrogen) atoms. The topological polar surface area (TPSA) is 233 Å². The van der Waals surface area contributed by atoms with Crippen LogP contribution in [0, 0.1) is 0 Å². The number of hydrogen-bond acceptors (Lipinski definition) is 12. The summed E-state index contributed by atoms with van der Waals surface area (Å²) >= 11 is 0. The third-order valence-corrected chi connectivity index (χ3v) is 6.26. The van der Waals surface area contributed by atoms with Crippen molar-refractivity contribution in [2.75, 3.05) is 23.9 Å². The van der Waals surface area contributed by atoms with Gasteiger partial charge in [-0.3, -0.25) is 5.10 Å². The summed E-state index contributed by atoms with van der Waals surface area (Å²) in [7, 11) is -1.98. The molecule has 0 spiro atoms. The number of azo groups is 1. The van der Waals surface area contributed by atoms with Crippen LogP contribution in [-0.4, -0.2) is 40.8 Å². The minimum absolute atomic E-state index is 0.168. The number of nitrogens with one attached hydrogen (secondary N) is 2. The number of primary sulfonamides is 1. The van der Waals surface area contributed by atoms with Gasteiger partial charge >= 0.3 is 0 Å². The number of ether oxygens (including phenoxy) is 1. The molecule has 15 heteroatoms. The molecule has 0 aliphatic heterocycles. The predicted molar refractivity (Wildman–Crippen MR) is 160 cm³/mol. The van der Waals surface area contributed by atoms with Gasteiger partial charge in [0.05, 0.1) is 24.2 Å². The summed E-state index contributed by atoms with van der Waals surface area (Å²) in [4.78, 5) is 8.51. The van der Waals surface area contributed by atoms with E-state index in [9.17, 15) is 8.42 Å². The van der Waals surface area contributed by atoms with Crippen molar-refractivity contribution in [3.8, 4) is 22.8 Å². The molecule has 216 valence electrons. The first kappa shape index (κ1) is 29.4. The smallest absolute Gasteiger partial charge is 0.213 e. The number of nitrogens with zero attached hydrogens (tertiary/aromatic N) is 5. The minimum atomic E-state index is -3.58. The molecular weight excluding hydrogens is 560 g/mol. The van der Waals surface area contributed by atoms with E-state index in [-0.39, 0.29) is 23.1 Å². The molecule has 0 bridgehead atoms. The number of methoxy groups -OCH3 is 1. The molecule has 0 unspecified atom stereocenters. The van der Waals surface area contributed by atoms with E-state index in [1.165, 1.54) is 18.5 Å². The van der Waals surface area contributed by atoms with Crippen molar-refractivity contribution in [3.63, 3.8) is 0 Å². The quantitative estimate of drug-likeness (QED) is 0.140. The molecule has 0 saturated heterocycles. The van der Waals surface area contributed by atoms with Crippen molar-refractivity contribution in [3.05, 3.63) is 90.8 Å². The zero-order chi connectivity index (χ0) is 30.1. The first-order valence-electron chi connectivity index (χ1n) is 12.2. The van der Waals surface area contributed by atoms with Crippen LogP contribution >= 0.6 is 0 Å². The molecule has 9 N–H and O–H groups in total. The maximum atomic E-state index is 11.3. The zero-order valence-electron chi connectivity index (χ0n) is 22.3. The molecule has 3 aromatic carbocycles. The molecule has 2 aromatic heterocycles. The van der Waals surface area contributed by atoms with E-state index < -0.39 is 10.0 Å². The Hall–Kier alpha value is -5.54.